The SMILES string of the molecule is Cc1ccc(C(C)C)c(OC(C)(C)C(=O)Nc2cccc(C(=O)N(C)C)c2C)c1. The summed E-state index contributed by atoms with van der Waals surface area (Å²) in [5, 5.41) is 2.93. The molecule has 0 radical (unpaired) electrons. The van der Waals surface area contributed by atoms with Crippen molar-refractivity contribution in [3.63, 3.8) is 0 Å². The van der Waals surface area contributed by atoms with Crippen LogP contribution in [0.3, 0.4) is 0 Å². The van der Waals surface area contributed by atoms with Gasteiger partial charge in [0.2, 0.25) is 0 Å². The number of carbonyl (C=O) groups excluding carboxylic acids is 2. The normalized spacial score (nSPS) is 11.3. The van der Waals surface area contributed by atoms with Crippen LogP contribution in [0.4, 0.5) is 5.69 Å². The molecule has 5 nitrogen and oxygen atoms in total. The van der Waals surface area contributed by atoms with E-state index in [2.05, 4.69) is 19.2 Å². The molecule has 0 heterocycles. The molecule has 2 amide bonds. The molecule has 0 aliphatic carbocycles. The van der Waals surface area contributed by atoms with Gasteiger partial charge in [-0.15, -0.1) is 0 Å². The number of nitrogens with one attached hydrogen (secondary N) is 1. The van der Waals surface area contributed by atoms with Crippen molar-refractivity contribution in [2.24, 2.45) is 0 Å². The third-order valence-electron chi connectivity index (χ3n) is 4.92. The van der Waals surface area contributed by atoms with Crippen LogP contribution >= 0.6 is 0 Å². The summed E-state index contributed by atoms with van der Waals surface area (Å²) in [5.74, 6) is 0.621. The molecule has 0 bridgehead atoms. The fourth-order valence-corrected chi connectivity index (χ4v) is 3.04. The number of nitrogens with zero attached hydrogens (tertiary/aromatic N) is 1. The summed E-state index contributed by atoms with van der Waals surface area (Å²) in [5.41, 5.74) is 2.94. The monoisotopic (exact) mass is 396 g/mol. The number of amides is 2. The number of benzene rings is 2. The molecule has 2 aromatic carbocycles. The minimum Gasteiger partial charge on any atom is -0.478 e. The zero-order valence-electron chi connectivity index (χ0n) is 18.7. The van der Waals surface area contributed by atoms with Gasteiger partial charge in [0.05, 0.1) is 0 Å². The van der Waals surface area contributed by atoms with Gasteiger partial charge >= 0.3 is 0 Å². The van der Waals surface area contributed by atoms with Gasteiger partial charge < -0.3 is 15.0 Å². The van der Waals surface area contributed by atoms with Gasteiger partial charge in [0.15, 0.2) is 5.60 Å². The summed E-state index contributed by atoms with van der Waals surface area (Å²) in [6.45, 7) is 11.5. The Morgan fingerprint density at radius 2 is 1.72 bits per heavy atom. The van der Waals surface area contributed by atoms with E-state index < -0.39 is 5.60 Å². The van der Waals surface area contributed by atoms with Crippen LogP contribution in [0.25, 0.3) is 0 Å². The Labute approximate surface area is 174 Å². The molecule has 2 rings (SSSR count). The van der Waals surface area contributed by atoms with Gasteiger partial charge in [0.1, 0.15) is 5.75 Å². The number of ether oxygens (including phenoxy) is 1. The third-order valence-corrected chi connectivity index (χ3v) is 4.92. The van der Waals surface area contributed by atoms with Crippen molar-refractivity contribution < 1.29 is 14.3 Å². The summed E-state index contributed by atoms with van der Waals surface area (Å²) < 4.78 is 6.18. The molecule has 0 atom stereocenters. The maximum atomic E-state index is 13.0. The van der Waals surface area contributed by atoms with Crippen molar-refractivity contribution in [1.29, 1.82) is 0 Å². The first-order valence-electron chi connectivity index (χ1n) is 9.86. The van der Waals surface area contributed by atoms with Crippen molar-refractivity contribution >= 4 is 17.5 Å². The van der Waals surface area contributed by atoms with Crippen LogP contribution in [0.15, 0.2) is 36.4 Å². The molecular formula is C24H32N2O3. The minimum atomic E-state index is -1.09. The highest BCUT2D eigenvalue weighted by Crippen LogP contribution is 2.31. The molecule has 0 aromatic heterocycles. The van der Waals surface area contributed by atoms with Crippen molar-refractivity contribution in [3.8, 4) is 5.75 Å². The van der Waals surface area contributed by atoms with Gasteiger partial charge in [0.25, 0.3) is 11.8 Å². The summed E-state index contributed by atoms with van der Waals surface area (Å²) in [4.78, 5) is 26.9. The molecule has 29 heavy (non-hydrogen) atoms. The van der Waals surface area contributed by atoms with E-state index in [0.717, 1.165) is 16.7 Å². The molecule has 2 aromatic rings. The Morgan fingerprint density at radius 3 is 2.31 bits per heavy atom. The van der Waals surface area contributed by atoms with E-state index in [1.165, 1.54) is 4.90 Å². The molecule has 0 aliphatic heterocycles. The van der Waals surface area contributed by atoms with E-state index in [0.29, 0.717) is 17.0 Å². The van der Waals surface area contributed by atoms with Gasteiger partial charge in [-0.25, -0.2) is 0 Å². The molecule has 5 heteroatoms. The average Bonchev–Trinajstić information content (AvgIpc) is 2.62. The van der Waals surface area contributed by atoms with Gasteiger partial charge in [0, 0.05) is 25.3 Å². The van der Waals surface area contributed by atoms with E-state index in [9.17, 15) is 9.59 Å². The zero-order valence-corrected chi connectivity index (χ0v) is 18.7. The van der Waals surface area contributed by atoms with Crippen LogP contribution in [0.2, 0.25) is 0 Å². The number of hydrogen-bond acceptors (Lipinski definition) is 3. The van der Waals surface area contributed by atoms with Gasteiger partial charge in [-0.2, -0.15) is 0 Å². The molecule has 0 fully saturated rings. The lowest BCUT2D eigenvalue weighted by Gasteiger charge is -2.28. The zero-order chi connectivity index (χ0) is 21.9. The molecule has 0 spiro atoms. The summed E-state index contributed by atoms with van der Waals surface area (Å²) in [6, 6.07) is 11.4. The highest BCUT2D eigenvalue weighted by Gasteiger charge is 2.31. The van der Waals surface area contributed by atoms with Crippen LogP contribution in [0.1, 0.15) is 60.7 Å². The largest absolute Gasteiger partial charge is 0.478 e. The van der Waals surface area contributed by atoms with E-state index in [1.807, 2.05) is 32.0 Å². The first kappa shape index (κ1) is 22.5. The quantitative estimate of drug-likeness (QED) is 0.753. The topological polar surface area (TPSA) is 58.6 Å². The van der Waals surface area contributed by atoms with Crippen molar-refractivity contribution in [1.82, 2.24) is 4.90 Å². The second kappa shape index (κ2) is 8.68. The molecule has 0 saturated carbocycles. The Hall–Kier alpha value is -2.82. The smallest absolute Gasteiger partial charge is 0.267 e. The van der Waals surface area contributed by atoms with E-state index >= 15 is 0 Å². The standard InChI is InChI=1S/C24H32N2O3/c1-15(2)18-13-12-16(3)14-21(18)29-24(5,6)23(28)25-20-11-9-10-19(17(20)4)22(27)26(7)8/h9-15H,1-8H3,(H,25,28). The second-order valence-electron chi connectivity index (χ2n) is 8.44. The Bertz CT molecular complexity index is 914. The van der Waals surface area contributed by atoms with Crippen molar-refractivity contribution in [2.75, 3.05) is 19.4 Å². The van der Waals surface area contributed by atoms with Crippen LogP contribution < -0.4 is 10.1 Å². The average molecular weight is 397 g/mol. The lowest BCUT2D eigenvalue weighted by atomic mass is 9.99. The lowest BCUT2D eigenvalue weighted by Crippen LogP contribution is -2.43. The van der Waals surface area contributed by atoms with Gasteiger partial charge in [-0.1, -0.05) is 32.0 Å². The van der Waals surface area contributed by atoms with Crippen LogP contribution in [0.5, 0.6) is 5.75 Å². The predicted octanol–water partition coefficient (Wildman–Crippen LogP) is 4.92. The maximum Gasteiger partial charge on any atom is 0.267 e. The maximum absolute atomic E-state index is 13.0. The molecule has 0 unspecified atom stereocenters. The minimum absolute atomic E-state index is 0.101. The Kier molecular flexibility index (Phi) is 6.73. The van der Waals surface area contributed by atoms with E-state index in [-0.39, 0.29) is 17.7 Å². The Balaban J connectivity index is 2.28. The third kappa shape index (κ3) is 5.17. The van der Waals surface area contributed by atoms with Crippen molar-refractivity contribution in [3.05, 3.63) is 58.7 Å². The van der Waals surface area contributed by atoms with Gasteiger partial charge in [-0.3, -0.25) is 9.59 Å². The van der Waals surface area contributed by atoms with Crippen LogP contribution in [-0.4, -0.2) is 36.4 Å². The van der Waals surface area contributed by atoms with Crippen LogP contribution in [-0.2, 0) is 4.79 Å². The fourth-order valence-electron chi connectivity index (χ4n) is 3.04. The Morgan fingerprint density at radius 1 is 1.07 bits per heavy atom. The second-order valence-corrected chi connectivity index (χ2v) is 8.44. The van der Waals surface area contributed by atoms with Crippen LogP contribution in [0, 0.1) is 13.8 Å². The van der Waals surface area contributed by atoms with Gasteiger partial charge in [-0.05, 0) is 68.5 Å². The molecule has 156 valence electrons. The van der Waals surface area contributed by atoms with E-state index in [1.54, 1.807) is 46.1 Å². The highest BCUT2D eigenvalue weighted by molar-refractivity contribution is 6.01. The number of rotatable bonds is 6. The number of anilines is 1. The summed E-state index contributed by atoms with van der Waals surface area (Å²) >= 11 is 0. The number of aryl methyl sites for hydroxylation is 1. The number of carbonyl (C=O) groups is 2. The predicted molar refractivity (Wildman–Crippen MR) is 118 cm³/mol. The fraction of sp³-hybridized carbons (Fsp3) is 0.417. The van der Waals surface area contributed by atoms with Crippen molar-refractivity contribution in [2.45, 2.75) is 53.1 Å². The number of hydrogen-bond donors (Lipinski definition) is 1. The summed E-state index contributed by atoms with van der Waals surface area (Å²) in [7, 11) is 3.41. The first-order valence-corrected chi connectivity index (χ1v) is 9.86. The molecule has 1 N–H and O–H groups in total. The van der Waals surface area contributed by atoms with E-state index in [4.69, 9.17) is 4.74 Å². The highest BCUT2D eigenvalue weighted by atomic mass is 16.5. The molecule has 0 aliphatic rings. The summed E-state index contributed by atoms with van der Waals surface area (Å²) in [6.07, 6.45) is 0. The molecular weight excluding hydrogens is 364 g/mol. The molecule has 0 saturated heterocycles. The lowest BCUT2D eigenvalue weighted by molar-refractivity contribution is -0.128. The first-order chi connectivity index (χ1) is 13.4.